The maximum Gasteiger partial charge on any atom is 0.337 e. The molecule has 5 nitrogen and oxygen atoms in total. The topological polar surface area (TPSA) is 76.0 Å². The molecule has 0 aliphatic rings. The third-order valence-corrected chi connectivity index (χ3v) is 2.18. The van der Waals surface area contributed by atoms with Crippen LogP contribution in [0.25, 0.3) is 0 Å². The zero-order chi connectivity index (χ0) is 12.1. The molecule has 0 aromatic heterocycles. The molecule has 16 heavy (non-hydrogen) atoms. The number of hydrogen-bond donors (Lipinski definition) is 2. The fraction of sp³-hybridized carbons (Fsp3) is 0.364. The van der Waals surface area contributed by atoms with E-state index in [0.717, 1.165) is 0 Å². The first kappa shape index (κ1) is 12.5. The molecule has 0 fully saturated rings. The highest BCUT2D eigenvalue weighted by Gasteiger charge is 2.15. The first-order chi connectivity index (χ1) is 7.63. The van der Waals surface area contributed by atoms with Gasteiger partial charge in [0.25, 0.3) is 0 Å². The van der Waals surface area contributed by atoms with Crippen molar-refractivity contribution in [2.24, 2.45) is 0 Å². The SMILES string of the molecule is COC(=O)c1ccc(OC)c(C(O)CO)c1. The lowest BCUT2D eigenvalue weighted by Crippen LogP contribution is -2.08. The van der Waals surface area contributed by atoms with Crippen molar-refractivity contribution in [3.05, 3.63) is 29.3 Å². The Morgan fingerprint density at radius 1 is 1.44 bits per heavy atom. The van der Waals surface area contributed by atoms with Crippen LogP contribution in [-0.2, 0) is 4.74 Å². The summed E-state index contributed by atoms with van der Waals surface area (Å²) in [7, 11) is 2.72. The minimum Gasteiger partial charge on any atom is -0.496 e. The normalized spacial score (nSPS) is 12.0. The quantitative estimate of drug-likeness (QED) is 0.731. The van der Waals surface area contributed by atoms with Crippen LogP contribution in [0.5, 0.6) is 5.75 Å². The van der Waals surface area contributed by atoms with Gasteiger partial charge in [-0.25, -0.2) is 4.79 Å². The molecule has 0 saturated carbocycles. The molecule has 2 N–H and O–H groups in total. The Hall–Kier alpha value is -1.59. The number of aliphatic hydroxyl groups excluding tert-OH is 2. The van der Waals surface area contributed by atoms with Crippen molar-refractivity contribution in [2.45, 2.75) is 6.10 Å². The third kappa shape index (κ3) is 2.50. The van der Waals surface area contributed by atoms with Crippen molar-refractivity contribution in [1.29, 1.82) is 0 Å². The van der Waals surface area contributed by atoms with Crippen LogP contribution in [0.3, 0.4) is 0 Å². The number of rotatable bonds is 4. The Kier molecular flexibility index (Phi) is 4.28. The summed E-state index contributed by atoms with van der Waals surface area (Å²) in [6, 6.07) is 4.50. The number of methoxy groups -OCH3 is 2. The van der Waals surface area contributed by atoms with Gasteiger partial charge in [0.05, 0.1) is 26.4 Å². The van der Waals surface area contributed by atoms with Gasteiger partial charge < -0.3 is 19.7 Å². The van der Waals surface area contributed by atoms with E-state index < -0.39 is 18.7 Å². The largest absolute Gasteiger partial charge is 0.496 e. The van der Waals surface area contributed by atoms with Crippen molar-refractivity contribution < 1.29 is 24.5 Å². The molecule has 1 atom stereocenters. The molecule has 0 aliphatic heterocycles. The molecule has 0 bridgehead atoms. The smallest absolute Gasteiger partial charge is 0.337 e. The van der Waals surface area contributed by atoms with Crippen LogP contribution < -0.4 is 4.74 Å². The second-order valence-electron chi connectivity index (χ2n) is 3.15. The Morgan fingerprint density at radius 3 is 2.62 bits per heavy atom. The fourth-order valence-corrected chi connectivity index (χ4v) is 1.34. The first-order valence-electron chi connectivity index (χ1n) is 4.69. The van der Waals surface area contributed by atoms with Crippen LogP contribution in [0.1, 0.15) is 22.0 Å². The van der Waals surface area contributed by atoms with E-state index >= 15 is 0 Å². The summed E-state index contributed by atoms with van der Waals surface area (Å²) in [4.78, 5) is 11.3. The first-order valence-corrected chi connectivity index (χ1v) is 4.69. The highest BCUT2D eigenvalue weighted by molar-refractivity contribution is 5.89. The number of aliphatic hydroxyl groups is 2. The van der Waals surface area contributed by atoms with Crippen molar-refractivity contribution >= 4 is 5.97 Å². The molecule has 0 amide bonds. The highest BCUT2D eigenvalue weighted by Crippen LogP contribution is 2.26. The summed E-state index contributed by atoms with van der Waals surface area (Å²) in [5, 5.41) is 18.4. The number of carbonyl (C=O) groups is 1. The maximum atomic E-state index is 11.3. The second-order valence-corrected chi connectivity index (χ2v) is 3.15. The maximum absolute atomic E-state index is 11.3. The summed E-state index contributed by atoms with van der Waals surface area (Å²) >= 11 is 0. The standard InChI is InChI=1S/C11H14O5/c1-15-10-4-3-7(11(14)16-2)5-8(10)9(13)6-12/h3-5,9,12-13H,6H2,1-2H3. The lowest BCUT2D eigenvalue weighted by Gasteiger charge is -2.13. The van der Waals surface area contributed by atoms with E-state index in [9.17, 15) is 9.90 Å². The monoisotopic (exact) mass is 226 g/mol. The van der Waals surface area contributed by atoms with Gasteiger partial charge in [0.2, 0.25) is 0 Å². The Labute approximate surface area is 93.2 Å². The second kappa shape index (κ2) is 5.48. The van der Waals surface area contributed by atoms with Crippen molar-refractivity contribution in [3.63, 3.8) is 0 Å². The van der Waals surface area contributed by atoms with Gasteiger partial charge in [-0.1, -0.05) is 0 Å². The van der Waals surface area contributed by atoms with Gasteiger partial charge >= 0.3 is 5.97 Å². The van der Waals surface area contributed by atoms with E-state index in [0.29, 0.717) is 16.9 Å². The van der Waals surface area contributed by atoms with Crippen LogP contribution in [0.4, 0.5) is 0 Å². The summed E-state index contributed by atoms with van der Waals surface area (Å²) < 4.78 is 9.57. The van der Waals surface area contributed by atoms with Crippen LogP contribution in [0.2, 0.25) is 0 Å². The molecule has 1 unspecified atom stereocenters. The average molecular weight is 226 g/mol. The van der Waals surface area contributed by atoms with Gasteiger partial charge in [0, 0.05) is 5.56 Å². The molecule has 0 radical (unpaired) electrons. The summed E-state index contributed by atoms with van der Waals surface area (Å²) in [6.07, 6.45) is -1.08. The minimum absolute atomic E-state index is 0.297. The minimum atomic E-state index is -1.08. The molecule has 1 rings (SSSR count). The highest BCUT2D eigenvalue weighted by atomic mass is 16.5. The molecule has 5 heteroatoms. The number of benzene rings is 1. The van der Waals surface area contributed by atoms with Gasteiger partial charge in [-0.3, -0.25) is 0 Å². The lowest BCUT2D eigenvalue weighted by molar-refractivity contribution is 0.0599. The van der Waals surface area contributed by atoms with E-state index in [1.807, 2.05) is 0 Å². The van der Waals surface area contributed by atoms with Crippen LogP contribution in [-0.4, -0.2) is 37.0 Å². The number of carbonyl (C=O) groups excluding carboxylic acids is 1. The van der Waals surface area contributed by atoms with Crippen molar-refractivity contribution in [2.75, 3.05) is 20.8 Å². The Bertz CT molecular complexity index is 375. The van der Waals surface area contributed by atoms with E-state index in [-0.39, 0.29) is 0 Å². The summed E-state index contributed by atoms with van der Waals surface area (Å²) in [6.45, 7) is -0.443. The van der Waals surface area contributed by atoms with E-state index in [1.54, 1.807) is 6.07 Å². The molecule has 1 aromatic carbocycles. The molecular formula is C11H14O5. The molecule has 0 saturated heterocycles. The zero-order valence-corrected chi connectivity index (χ0v) is 9.14. The molecule has 88 valence electrons. The van der Waals surface area contributed by atoms with Crippen LogP contribution in [0, 0.1) is 0 Å². The molecule has 0 heterocycles. The lowest BCUT2D eigenvalue weighted by atomic mass is 10.1. The van der Waals surface area contributed by atoms with E-state index in [2.05, 4.69) is 4.74 Å². The molecule has 0 aliphatic carbocycles. The fourth-order valence-electron chi connectivity index (χ4n) is 1.34. The van der Waals surface area contributed by atoms with Crippen LogP contribution in [0.15, 0.2) is 18.2 Å². The van der Waals surface area contributed by atoms with Gasteiger partial charge in [-0.2, -0.15) is 0 Å². The number of ether oxygens (including phenoxy) is 2. The van der Waals surface area contributed by atoms with E-state index in [4.69, 9.17) is 9.84 Å². The summed E-state index contributed by atoms with van der Waals surface area (Å²) in [5.41, 5.74) is 0.652. The molecule has 0 spiro atoms. The average Bonchev–Trinajstić information content (AvgIpc) is 2.35. The van der Waals surface area contributed by atoms with Gasteiger partial charge in [0.1, 0.15) is 11.9 Å². The number of hydrogen-bond acceptors (Lipinski definition) is 5. The summed E-state index contributed by atoms with van der Waals surface area (Å²) in [5.74, 6) is -0.0942. The van der Waals surface area contributed by atoms with E-state index in [1.165, 1.54) is 26.4 Å². The zero-order valence-electron chi connectivity index (χ0n) is 9.14. The van der Waals surface area contributed by atoms with Crippen molar-refractivity contribution in [3.8, 4) is 5.75 Å². The third-order valence-electron chi connectivity index (χ3n) is 2.18. The van der Waals surface area contributed by atoms with Gasteiger partial charge in [0.15, 0.2) is 0 Å². The number of esters is 1. The predicted molar refractivity (Wildman–Crippen MR) is 56.4 cm³/mol. The molecular weight excluding hydrogens is 212 g/mol. The van der Waals surface area contributed by atoms with Gasteiger partial charge in [-0.15, -0.1) is 0 Å². The Morgan fingerprint density at radius 2 is 2.12 bits per heavy atom. The van der Waals surface area contributed by atoms with Crippen molar-refractivity contribution in [1.82, 2.24) is 0 Å². The Balaban J connectivity index is 3.15. The van der Waals surface area contributed by atoms with Gasteiger partial charge in [-0.05, 0) is 18.2 Å². The predicted octanol–water partition coefficient (Wildman–Crippen LogP) is 0.508. The van der Waals surface area contributed by atoms with Crippen LogP contribution >= 0.6 is 0 Å². The molecule has 1 aromatic rings.